The van der Waals surface area contributed by atoms with Crippen molar-refractivity contribution in [3.8, 4) is 0 Å². The predicted molar refractivity (Wildman–Crippen MR) is 50.6 cm³/mol. The van der Waals surface area contributed by atoms with Crippen LogP contribution >= 0.6 is 27.3 Å². The summed E-state index contributed by atoms with van der Waals surface area (Å²) in [6, 6.07) is 3.80. The molecule has 4 heteroatoms. The number of halogens is 1. The molecule has 1 aliphatic rings. The quantitative estimate of drug-likeness (QED) is 0.872. The molecule has 1 saturated carbocycles. The van der Waals surface area contributed by atoms with E-state index >= 15 is 0 Å². The molecular weight excluding hydrogens is 240 g/mol. The Morgan fingerprint density at radius 3 is 2.58 bits per heavy atom. The lowest BCUT2D eigenvalue weighted by Gasteiger charge is -2.04. The Bertz CT molecular complexity index is 328. The van der Waals surface area contributed by atoms with Gasteiger partial charge < -0.3 is 5.11 Å². The van der Waals surface area contributed by atoms with Gasteiger partial charge in [-0.1, -0.05) is 0 Å². The molecule has 1 aromatic rings. The number of carboxylic acids is 1. The highest BCUT2D eigenvalue weighted by atomic mass is 79.9. The van der Waals surface area contributed by atoms with Gasteiger partial charge in [-0.2, -0.15) is 0 Å². The summed E-state index contributed by atoms with van der Waals surface area (Å²) in [5, 5.41) is 8.96. The van der Waals surface area contributed by atoms with Gasteiger partial charge in [-0.3, -0.25) is 4.79 Å². The normalized spacial score (nSPS) is 19.1. The van der Waals surface area contributed by atoms with Gasteiger partial charge in [-0.15, -0.1) is 11.3 Å². The summed E-state index contributed by atoms with van der Waals surface area (Å²) in [5.41, 5.74) is -0.531. The highest BCUT2D eigenvalue weighted by Crippen LogP contribution is 2.51. The molecule has 1 fully saturated rings. The van der Waals surface area contributed by atoms with Crippen LogP contribution in [0.4, 0.5) is 0 Å². The summed E-state index contributed by atoms with van der Waals surface area (Å²) in [4.78, 5) is 11.9. The third kappa shape index (κ3) is 1.10. The Morgan fingerprint density at radius 2 is 2.25 bits per heavy atom. The van der Waals surface area contributed by atoms with Crippen molar-refractivity contribution >= 4 is 33.2 Å². The molecule has 1 aliphatic carbocycles. The maximum atomic E-state index is 10.9. The number of thiophene rings is 1. The minimum atomic E-state index is -0.683. The molecular formula is C8H7BrO2S. The smallest absolute Gasteiger partial charge is 0.314 e. The third-order valence-electron chi connectivity index (χ3n) is 2.20. The highest BCUT2D eigenvalue weighted by Gasteiger charge is 2.52. The van der Waals surface area contributed by atoms with Gasteiger partial charge in [0.1, 0.15) is 5.41 Å². The van der Waals surface area contributed by atoms with E-state index in [9.17, 15) is 4.79 Å². The number of hydrogen-bond acceptors (Lipinski definition) is 2. The standard InChI is InChI=1S/C8H7BrO2S/c9-6-2-1-5(12-6)8(3-4-8)7(10)11/h1-2H,3-4H2,(H,10,11). The minimum absolute atomic E-state index is 0.531. The second-order valence-corrected chi connectivity index (χ2v) is 5.45. The Morgan fingerprint density at radius 1 is 1.58 bits per heavy atom. The molecule has 0 aromatic carbocycles. The van der Waals surface area contributed by atoms with Gasteiger partial charge in [-0.25, -0.2) is 0 Å². The van der Waals surface area contributed by atoms with E-state index in [0.29, 0.717) is 0 Å². The average Bonchev–Trinajstić information content (AvgIpc) is 2.71. The van der Waals surface area contributed by atoms with Crippen LogP contribution in [0.25, 0.3) is 0 Å². The van der Waals surface area contributed by atoms with Crippen LogP contribution in [-0.4, -0.2) is 11.1 Å². The molecule has 0 radical (unpaired) electrons. The number of carbonyl (C=O) groups is 1. The van der Waals surface area contributed by atoms with Gasteiger partial charge in [0.25, 0.3) is 0 Å². The summed E-state index contributed by atoms with van der Waals surface area (Å²) >= 11 is 4.85. The van der Waals surface area contributed by atoms with E-state index in [-0.39, 0.29) is 0 Å². The van der Waals surface area contributed by atoms with Crippen molar-refractivity contribution in [3.63, 3.8) is 0 Å². The first-order chi connectivity index (χ1) is 5.65. The van der Waals surface area contributed by atoms with Crippen LogP contribution in [0.1, 0.15) is 17.7 Å². The lowest BCUT2D eigenvalue weighted by Crippen LogP contribution is -2.17. The maximum absolute atomic E-state index is 10.9. The molecule has 0 bridgehead atoms. The minimum Gasteiger partial charge on any atom is -0.481 e. The van der Waals surface area contributed by atoms with Crippen molar-refractivity contribution in [2.75, 3.05) is 0 Å². The van der Waals surface area contributed by atoms with Crippen LogP contribution in [0.2, 0.25) is 0 Å². The summed E-state index contributed by atoms with van der Waals surface area (Å²) in [6.45, 7) is 0. The monoisotopic (exact) mass is 246 g/mol. The van der Waals surface area contributed by atoms with Gasteiger partial charge in [0.05, 0.1) is 3.79 Å². The van der Waals surface area contributed by atoms with Crippen molar-refractivity contribution in [3.05, 3.63) is 20.8 Å². The topological polar surface area (TPSA) is 37.3 Å². The zero-order valence-corrected chi connectivity index (χ0v) is 8.61. The number of hydrogen-bond donors (Lipinski definition) is 1. The van der Waals surface area contributed by atoms with Gasteiger partial charge >= 0.3 is 5.97 Å². The molecule has 0 atom stereocenters. The van der Waals surface area contributed by atoms with E-state index in [0.717, 1.165) is 21.5 Å². The molecule has 2 rings (SSSR count). The zero-order chi connectivity index (χ0) is 8.77. The molecule has 0 aliphatic heterocycles. The molecule has 0 amide bonds. The summed E-state index contributed by atoms with van der Waals surface area (Å²) in [5.74, 6) is -0.683. The first-order valence-electron chi connectivity index (χ1n) is 3.64. The average molecular weight is 247 g/mol. The summed E-state index contributed by atoms with van der Waals surface area (Å²) < 4.78 is 1.00. The third-order valence-corrected chi connectivity index (χ3v) is 4.03. The van der Waals surface area contributed by atoms with Crippen LogP contribution in [0.3, 0.4) is 0 Å². The fourth-order valence-corrected chi connectivity index (χ4v) is 2.89. The van der Waals surface area contributed by atoms with E-state index in [2.05, 4.69) is 15.9 Å². The van der Waals surface area contributed by atoms with E-state index in [1.54, 1.807) is 0 Å². The van der Waals surface area contributed by atoms with Gasteiger partial charge in [0, 0.05) is 4.88 Å². The van der Waals surface area contributed by atoms with Crippen LogP contribution in [0.15, 0.2) is 15.9 Å². The highest BCUT2D eigenvalue weighted by molar-refractivity contribution is 9.11. The molecule has 0 spiro atoms. The Balaban J connectivity index is 2.36. The maximum Gasteiger partial charge on any atom is 0.314 e. The summed E-state index contributed by atoms with van der Waals surface area (Å²) in [7, 11) is 0. The van der Waals surface area contributed by atoms with Crippen molar-refractivity contribution in [2.45, 2.75) is 18.3 Å². The van der Waals surface area contributed by atoms with Crippen LogP contribution in [0.5, 0.6) is 0 Å². The van der Waals surface area contributed by atoms with Crippen molar-refractivity contribution in [1.82, 2.24) is 0 Å². The van der Waals surface area contributed by atoms with Crippen molar-refractivity contribution in [1.29, 1.82) is 0 Å². The first-order valence-corrected chi connectivity index (χ1v) is 5.25. The largest absolute Gasteiger partial charge is 0.481 e. The van der Waals surface area contributed by atoms with Crippen molar-refractivity contribution < 1.29 is 9.90 Å². The molecule has 12 heavy (non-hydrogen) atoms. The summed E-state index contributed by atoms with van der Waals surface area (Å²) in [6.07, 6.45) is 1.57. The zero-order valence-electron chi connectivity index (χ0n) is 6.21. The Kier molecular flexibility index (Phi) is 1.77. The molecule has 0 unspecified atom stereocenters. The fourth-order valence-electron chi connectivity index (χ4n) is 1.26. The van der Waals surface area contributed by atoms with Gasteiger partial charge in [0.15, 0.2) is 0 Å². The predicted octanol–water partition coefficient (Wildman–Crippen LogP) is 2.63. The Labute approximate surface area is 82.3 Å². The Hall–Kier alpha value is -0.350. The molecule has 0 saturated heterocycles. The SMILES string of the molecule is O=C(O)C1(c2ccc(Br)s2)CC1. The van der Waals surface area contributed by atoms with E-state index in [4.69, 9.17) is 5.11 Å². The first kappa shape index (κ1) is 8.26. The van der Waals surface area contributed by atoms with Crippen LogP contribution in [-0.2, 0) is 10.2 Å². The van der Waals surface area contributed by atoms with E-state index in [1.807, 2.05) is 12.1 Å². The van der Waals surface area contributed by atoms with Crippen LogP contribution < -0.4 is 0 Å². The van der Waals surface area contributed by atoms with Crippen LogP contribution in [0, 0.1) is 0 Å². The second kappa shape index (κ2) is 2.57. The lowest BCUT2D eigenvalue weighted by atomic mass is 10.1. The van der Waals surface area contributed by atoms with E-state index in [1.165, 1.54) is 11.3 Å². The molecule has 1 aromatic heterocycles. The lowest BCUT2D eigenvalue weighted by molar-refractivity contribution is -0.139. The molecule has 64 valence electrons. The van der Waals surface area contributed by atoms with Gasteiger partial charge in [0.2, 0.25) is 0 Å². The molecule has 1 heterocycles. The number of aliphatic carboxylic acids is 1. The van der Waals surface area contributed by atoms with Gasteiger partial charge in [-0.05, 0) is 40.9 Å². The number of rotatable bonds is 2. The second-order valence-electron chi connectivity index (χ2n) is 2.99. The van der Waals surface area contributed by atoms with Crippen molar-refractivity contribution in [2.24, 2.45) is 0 Å². The molecule has 1 N–H and O–H groups in total. The number of carboxylic acid groups (broad SMARTS) is 1. The fraction of sp³-hybridized carbons (Fsp3) is 0.375. The molecule has 2 nitrogen and oxygen atoms in total. The van der Waals surface area contributed by atoms with E-state index < -0.39 is 11.4 Å².